The van der Waals surface area contributed by atoms with E-state index in [2.05, 4.69) is 10.1 Å². The van der Waals surface area contributed by atoms with Crippen LogP contribution in [0.3, 0.4) is 0 Å². The van der Waals surface area contributed by atoms with Gasteiger partial charge in [-0.05, 0) is 33.2 Å². The van der Waals surface area contributed by atoms with Crippen LogP contribution < -0.4 is 5.32 Å². The first kappa shape index (κ1) is 16.4. The van der Waals surface area contributed by atoms with Gasteiger partial charge in [0.15, 0.2) is 0 Å². The SMILES string of the molecule is CCOC(=O)[C@@H]1CCCN([C@@H](C)C(=O)NC(=O)OC)C1. The molecule has 0 aliphatic carbocycles. The summed E-state index contributed by atoms with van der Waals surface area (Å²) in [5.41, 5.74) is 0. The molecular weight excluding hydrogens is 264 g/mol. The Kier molecular flexibility index (Phi) is 6.44. The molecule has 1 saturated heterocycles. The summed E-state index contributed by atoms with van der Waals surface area (Å²) in [5, 5.41) is 2.14. The van der Waals surface area contributed by atoms with Crippen LogP contribution in [0.5, 0.6) is 0 Å². The molecule has 1 rings (SSSR count). The number of carbonyl (C=O) groups excluding carboxylic acids is 3. The number of amides is 2. The van der Waals surface area contributed by atoms with Crippen molar-refractivity contribution >= 4 is 18.0 Å². The lowest BCUT2D eigenvalue weighted by Gasteiger charge is -2.34. The van der Waals surface area contributed by atoms with Crippen molar-refractivity contribution in [3.63, 3.8) is 0 Å². The van der Waals surface area contributed by atoms with Gasteiger partial charge in [-0.15, -0.1) is 0 Å². The van der Waals surface area contributed by atoms with Gasteiger partial charge in [0.2, 0.25) is 5.91 Å². The fraction of sp³-hybridized carbons (Fsp3) is 0.769. The van der Waals surface area contributed by atoms with Crippen LogP contribution in [0.2, 0.25) is 0 Å². The van der Waals surface area contributed by atoms with Crippen LogP contribution in [0, 0.1) is 5.92 Å². The lowest BCUT2D eigenvalue weighted by atomic mass is 9.97. The van der Waals surface area contributed by atoms with Gasteiger partial charge < -0.3 is 9.47 Å². The molecule has 0 aromatic heterocycles. The van der Waals surface area contributed by atoms with Gasteiger partial charge in [-0.1, -0.05) is 0 Å². The van der Waals surface area contributed by atoms with Crippen molar-refractivity contribution in [2.24, 2.45) is 5.92 Å². The third kappa shape index (κ3) is 4.48. The summed E-state index contributed by atoms with van der Waals surface area (Å²) in [5.74, 6) is -0.865. The minimum atomic E-state index is -0.777. The Morgan fingerprint density at radius 3 is 2.70 bits per heavy atom. The second-order valence-corrected chi connectivity index (χ2v) is 4.74. The lowest BCUT2D eigenvalue weighted by Crippen LogP contribution is -2.51. The Bertz CT molecular complexity index is 372. The summed E-state index contributed by atoms with van der Waals surface area (Å²) in [6, 6.07) is -0.494. The van der Waals surface area contributed by atoms with E-state index in [0.29, 0.717) is 19.7 Å². The number of methoxy groups -OCH3 is 1. The van der Waals surface area contributed by atoms with E-state index in [4.69, 9.17) is 4.74 Å². The Balaban J connectivity index is 2.55. The highest BCUT2D eigenvalue weighted by atomic mass is 16.5. The zero-order valence-corrected chi connectivity index (χ0v) is 12.2. The Morgan fingerprint density at radius 2 is 2.10 bits per heavy atom. The molecule has 2 atom stereocenters. The number of nitrogens with one attached hydrogen (secondary N) is 1. The first-order chi connectivity index (χ1) is 9.49. The third-order valence-corrected chi connectivity index (χ3v) is 3.41. The maximum Gasteiger partial charge on any atom is 0.413 e. The first-order valence-corrected chi connectivity index (χ1v) is 6.79. The van der Waals surface area contributed by atoms with E-state index in [9.17, 15) is 14.4 Å². The van der Waals surface area contributed by atoms with Gasteiger partial charge in [-0.3, -0.25) is 19.8 Å². The van der Waals surface area contributed by atoms with Gasteiger partial charge >= 0.3 is 12.1 Å². The molecule has 0 unspecified atom stereocenters. The van der Waals surface area contributed by atoms with Crippen LogP contribution in [-0.4, -0.2) is 55.7 Å². The van der Waals surface area contributed by atoms with Crippen LogP contribution in [0.4, 0.5) is 4.79 Å². The van der Waals surface area contributed by atoms with Crippen LogP contribution in [0.15, 0.2) is 0 Å². The van der Waals surface area contributed by atoms with E-state index in [1.165, 1.54) is 7.11 Å². The summed E-state index contributed by atoms with van der Waals surface area (Å²) in [6.45, 7) is 5.00. The number of rotatable bonds is 4. The van der Waals surface area contributed by atoms with E-state index in [0.717, 1.165) is 12.8 Å². The monoisotopic (exact) mass is 286 g/mol. The zero-order chi connectivity index (χ0) is 15.1. The standard InChI is InChI=1S/C13H22N2O5/c1-4-20-12(17)10-6-5-7-15(8-10)9(2)11(16)14-13(18)19-3/h9-10H,4-8H2,1-3H3,(H,14,16,18)/t9-,10+/m0/s1. The third-order valence-electron chi connectivity index (χ3n) is 3.41. The molecular formula is C13H22N2O5. The highest BCUT2D eigenvalue weighted by Crippen LogP contribution is 2.19. The van der Waals surface area contributed by atoms with Gasteiger partial charge in [0.25, 0.3) is 0 Å². The molecule has 20 heavy (non-hydrogen) atoms. The van der Waals surface area contributed by atoms with E-state index < -0.39 is 18.0 Å². The molecule has 1 aliphatic rings. The summed E-state index contributed by atoms with van der Waals surface area (Å²) < 4.78 is 9.40. The molecule has 1 fully saturated rings. The minimum Gasteiger partial charge on any atom is -0.466 e. The van der Waals surface area contributed by atoms with Crippen molar-refractivity contribution in [3.05, 3.63) is 0 Å². The van der Waals surface area contributed by atoms with Gasteiger partial charge in [-0.2, -0.15) is 0 Å². The molecule has 0 bridgehead atoms. The summed E-state index contributed by atoms with van der Waals surface area (Å²) in [7, 11) is 1.20. The predicted molar refractivity (Wildman–Crippen MR) is 70.9 cm³/mol. The minimum absolute atomic E-state index is 0.211. The largest absolute Gasteiger partial charge is 0.466 e. The number of hydrogen-bond acceptors (Lipinski definition) is 6. The molecule has 0 aromatic carbocycles. The predicted octanol–water partition coefficient (Wildman–Crippen LogP) is 0.533. The normalized spacial score (nSPS) is 20.9. The van der Waals surface area contributed by atoms with Crippen molar-refractivity contribution in [1.82, 2.24) is 10.2 Å². The average Bonchev–Trinajstić information content (AvgIpc) is 2.46. The zero-order valence-electron chi connectivity index (χ0n) is 12.2. The molecule has 114 valence electrons. The van der Waals surface area contributed by atoms with Crippen LogP contribution >= 0.6 is 0 Å². The van der Waals surface area contributed by atoms with Gasteiger partial charge in [0.1, 0.15) is 0 Å². The maximum atomic E-state index is 11.8. The number of likely N-dealkylation sites (tertiary alicyclic amines) is 1. The average molecular weight is 286 g/mol. The number of alkyl carbamates (subject to hydrolysis) is 1. The van der Waals surface area contributed by atoms with Crippen molar-refractivity contribution in [3.8, 4) is 0 Å². The number of esters is 1. The van der Waals surface area contributed by atoms with E-state index in [1.54, 1.807) is 13.8 Å². The Labute approximate surface area is 118 Å². The molecule has 1 N–H and O–H groups in total. The van der Waals surface area contributed by atoms with E-state index >= 15 is 0 Å². The van der Waals surface area contributed by atoms with Gasteiger partial charge in [0, 0.05) is 6.54 Å². The fourth-order valence-electron chi connectivity index (χ4n) is 2.23. The topological polar surface area (TPSA) is 84.9 Å². The number of hydrogen-bond donors (Lipinski definition) is 1. The summed E-state index contributed by atoms with van der Waals surface area (Å²) >= 11 is 0. The Hall–Kier alpha value is -1.63. The second-order valence-electron chi connectivity index (χ2n) is 4.74. The van der Waals surface area contributed by atoms with Crippen molar-refractivity contribution in [2.45, 2.75) is 32.7 Å². The molecule has 2 amide bonds. The molecule has 7 heteroatoms. The maximum absolute atomic E-state index is 11.8. The number of ether oxygens (including phenoxy) is 2. The van der Waals surface area contributed by atoms with Crippen molar-refractivity contribution < 1.29 is 23.9 Å². The first-order valence-electron chi connectivity index (χ1n) is 6.79. The Morgan fingerprint density at radius 1 is 1.40 bits per heavy atom. The van der Waals surface area contributed by atoms with E-state index in [1.807, 2.05) is 4.90 Å². The molecule has 0 saturated carbocycles. The molecule has 1 heterocycles. The van der Waals surface area contributed by atoms with Crippen molar-refractivity contribution in [2.75, 3.05) is 26.8 Å². The highest BCUT2D eigenvalue weighted by molar-refractivity contribution is 5.94. The molecule has 0 spiro atoms. The van der Waals surface area contributed by atoms with Crippen LogP contribution in [0.25, 0.3) is 0 Å². The summed E-state index contributed by atoms with van der Waals surface area (Å²) in [4.78, 5) is 36.5. The fourth-order valence-corrected chi connectivity index (χ4v) is 2.23. The van der Waals surface area contributed by atoms with Gasteiger partial charge in [-0.25, -0.2) is 4.79 Å². The number of carbonyl (C=O) groups is 3. The molecule has 1 aliphatic heterocycles. The highest BCUT2D eigenvalue weighted by Gasteiger charge is 2.32. The molecule has 0 aromatic rings. The van der Waals surface area contributed by atoms with E-state index in [-0.39, 0.29) is 11.9 Å². The molecule has 0 radical (unpaired) electrons. The van der Waals surface area contributed by atoms with Crippen molar-refractivity contribution in [1.29, 1.82) is 0 Å². The number of nitrogens with zero attached hydrogens (tertiary/aromatic N) is 1. The quantitative estimate of drug-likeness (QED) is 0.759. The molecule has 7 nitrogen and oxygen atoms in total. The number of imide groups is 1. The second kappa shape index (κ2) is 7.84. The summed E-state index contributed by atoms with van der Waals surface area (Å²) in [6.07, 6.45) is 0.806. The smallest absolute Gasteiger partial charge is 0.413 e. The van der Waals surface area contributed by atoms with Gasteiger partial charge in [0.05, 0.1) is 25.7 Å². The van der Waals surface area contributed by atoms with Crippen LogP contribution in [-0.2, 0) is 19.1 Å². The van der Waals surface area contributed by atoms with Crippen LogP contribution in [0.1, 0.15) is 26.7 Å². The number of piperidine rings is 1. The lowest BCUT2D eigenvalue weighted by molar-refractivity contribution is -0.151.